The molecule has 2 aromatic carbocycles. The van der Waals surface area contributed by atoms with Gasteiger partial charge in [0.05, 0.1) is 17.5 Å². The van der Waals surface area contributed by atoms with Gasteiger partial charge in [-0.15, -0.1) is 10.2 Å². The Morgan fingerprint density at radius 1 is 0.828 bits per heavy atom. The monoisotopic (exact) mass is 429 g/mol. The van der Waals surface area contributed by atoms with Crippen LogP contribution in [0.3, 0.4) is 0 Å². The van der Waals surface area contributed by atoms with E-state index < -0.39 is 19.9 Å². The van der Waals surface area contributed by atoms with Gasteiger partial charge in [0.1, 0.15) is 4.90 Å². The molecule has 0 aliphatic heterocycles. The fourth-order valence-corrected chi connectivity index (χ4v) is 5.70. The molecule has 8 nitrogen and oxygen atoms in total. The Balaban J connectivity index is 1.96. The number of hydrogen-bond acceptors (Lipinski definition) is 7. The molecule has 148 valence electrons. The van der Waals surface area contributed by atoms with Gasteiger partial charge >= 0.3 is 0 Å². The molecular formula is C19H15N3O5S2. The van der Waals surface area contributed by atoms with Crippen LogP contribution in [0.5, 0.6) is 5.88 Å². The molecule has 0 atom stereocenters. The molecule has 10 heteroatoms. The van der Waals surface area contributed by atoms with Crippen LogP contribution in [0.1, 0.15) is 0 Å². The number of ether oxygens (including phenoxy) is 1. The van der Waals surface area contributed by atoms with Crippen LogP contribution in [-0.2, 0) is 19.9 Å². The molecule has 0 fully saturated rings. The van der Waals surface area contributed by atoms with Crippen molar-refractivity contribution < 1.29 is 21.6 Å². The Labute approximate surface area is 167 Å². The molecule has 0 saturated heterocycles. The number of hydrogen-bond donors (Lipinski definition) is 0. The van der Waals surface area contributed by atoms with Crippen LogP contribution in [0.2, 0.25) is 0 Å². The van der Waals surface area contributed by atoms with Gasteiger partial charge < -0.3 is 4.74 Å². The van der Waals surface area contributed by atoms with Crippen LogP contribution in [-0.4, -0.2) is 38.1 Å². The summed E-state index contributed by atoms with van der Waals surface area (Å²) in [5.41, 5.74) is 0.247. The summed E-state index contributed by atoms with van der Waals surface area (Å²) < 4.78 is 58.5. The van der Waals surface area contributed by atoms with Crippen molar-refractivity contribution in [1.29, 1.82) is 0 Å². The minimum atomic E-state index is -4.13. The number of sulfone groups is 1. The summed E-state index contributed by atoms with van der Waals surface area (Å²) in [4.78, 5) is -0.124. The summed E-state index contributed by atoms with van der Waals surface area (Å²) in [5, 5.41) is 7.37. The second-order valence-corrected chi connectivity index (χ2v) is 9.72. The maximum absolute atomic E-state index is 13.2. The first-order chi connectivity index (χ1) is 13.9. The van der Waals surface area contributed by atoms with Gasteiger partial charge in [0.15, 0.2) is 5.03 Å². The lowest BCUT2D eigenvalue weighted by molar-refractivity contribution is 0.389. The lowest BCUT2D eigenvalue weighted by Crippen LogP contribution is -2.12. The average Bonchev–Trinajstić information content (AvgIpc) is 3.16. The standard InChI is InChI=1S/C19H15N3O5S2/c1-27-18-11-12-19(21-20-18)28(23,24)17-13-22(16-10-6-5-9-15(16)17)29(25,26)14-7-3-2-4-8-14/h2-13H,1H3. The summed E-state index contributed by atoms with van der Waals surface area (Å²) in [6.45, 7) is 0. The van der Waals surface area contributed by atoms with Gasteiger partial charge in [-0.1, -0.05) is 36.4 Å². The highest BCUT2D eigenvalue weighted by molar-refractivity contribution is 7.92. The molecule has 0 aliphatic rings. The molecule has 4 rings (SSSR count). The Morgan fingerprint density at radius 2 is 1.52 bits per heavy atom. The molecule has 0 bridgehead atoms. The Hall–Kier alpha value is -3.24. The van der Waals surface area contributed by atoms with Gasteiger partial charge in [0.2, 0.25) is 15.7 Å². The SMILES string of the molecule is COc1ccc(S(=O)(=O)c2cn(S(=O)(=O)c3ccccc3)c3ccccc23)nn1. The molecule has 0 aliphatic carbocycles. The molecule has 29 heavy (non-hydrogen) atoms. The predicted octanol–water partition coefficient (Wildman–Crippen LogP) is 2.51. The highest BCUT2D eigenvalue weighted by Gasteiger charge is 2.29. The van der Waals surface area contributed by atoms with Crippen molar-refractivity contribution in [2.24, 2.45) is 0 Å². The van der Waals surface area contributed by atoms with Crippen LogP contribution in [0.25, 0.3) is 10.9 Å². The highest BCUT2D eigenvalue weighted by atomic mass is 32.2. The first-order valence-corrected chi connectivity index (χ1v) is 11.3. The van der Waals surface area contributed by atoms with Gasteiger partial charge in [0, 0.05) is 17.6 Å². The van der Waals surface area contributed by atoms with Crippen molar-refractivity contribution in [3.05, 3.63) is 72.9 Å². The lowest BCUT2D eigenvalue weighted by atomic mass is 10.2. The summed E-state index contributed by atoms with van der Waals surface area (Å²) in [6.07, 6.45) is 1.11. The largest absolute Gasteiger partial charge is 0.480 e. The molecule has 0 amide bonds. The third kappa shape index (κ3) is 3.15. The van der Waals surface area contributed by atoms with Crippen LogP contribution in [0.15, 0.2) is 87.7 Å². The zero-order valence-electron chi connectivity index (χ0n) is 15.1. The van der Waals surface area contributed by atoms with Gasteiger partial charge in [-0.25, -0.2) is 20.8 Å². The molecule has 0 unspecified atom stereocenters. The fourth-order valence-electron chi connectivity index (χ4n) is 2.91. The Kier molecular flexibility index (Phi) is 4.59. The average molecular weight is 429 g/mol. The first kappa shape index (κ1) is 19.1. The number of fused-ring (bicyclic) bond motifs is 1. The van der Waals surface area contributed by atoms with E-state index >= 15 is 0 Å². The second kappa shape index (κ2) is 6.98. The number of para-hydroxylation sites is 1. The maximum atomic E-state index is 13.2. The molecule has 2 aromatic heterocycles. The van der Waals surface area contributed by atoms with Crippen molar-refractivity contribution in [3.8, 4) is 5.88 Å². The third-order valence-corrected chi connectivity index (χ3v) is 7.69. The van der Waals surface area contributed by atoms with Crippen LogP contribution < -0.4 is 4.74 Å². The Bertz CT molecular complexity index is 1400. The summed E-state index contributed by atoms with van der Waals surface area (Å²) in [7, 11) is -6.74. The first-order valence-electron chi connectivity index (χ1n) is 8.39. The molecule has 2 heterocycles. The van der Waals surface area contributed by atoms with Crippen molar-refractivity contribution in [2.75, 3.05) is 7.11 Å². The van der Waals surface area contributed by atoms with Gasteiger partial charge in [0.25, 0.3) is 10.0 Å². The van der Waals surface area contributed by atoms with Crippen LogP contribution in [0.4, 0.5) is 0 Å². The molecule has 0 saturated carbocycles. The normalized spacial score (nSPS) is 12.2. The quantitative estimate of drug-likeness (QED) is 0.480. The van der Waals surface area contributed by atoms with E-state index in [1.165, 1.54) is 31.4 Å². The van der Waals surface area contributed by atoms with E-state index in [4.69, 9.17) is 4.74 Å². The molecule has 4 aromatic rings. The van der Waals surface area contributed by atoms with Gasteiger partial charge in [-0.2, -0.15) is 0 Å². The van der Waals surface area contributed by atoms with E-state index in [-0.39, 0.29) is 31.6 Å². The molecular weight excluding hydrogens is 414 g/mol. The zero-order valence-corrected chi connectivity index (χ0v) is 16.8. The van der Waals surface area contributed by atoms with Gasteiger partial charge in [-0.3, -0.25) is 0 Å². The number of rotatable bonds is 5. The van der Waals surface area contributed by atoms with Crippen LogP contribution in [0, 0.1) is 0 Å². The van der Waals surface area contributed by atoms with E-state index in [1.54, 1.807) is 42.5 Å². The third-order valence-electron chi connectivity index (χ3n) is 4.33. The van der Waals surface area contributed by atoms with Crippen molar-refractivity contribution in [1.82, 2.24) is 14.2 Å². The molecule has 0 radical (unpaired) electrons. The minimum absolute atomic E-state index is 0.0499. The predicted molar refractivity (Wildman–Crippen MR) is 105 cm³/mol. The minimum Gasteiger partial charge on any atom is -0.480 e. The number of aromatic nitrogens is 3. The fraction of sp³-hybridized carbons (Fsp3) is 0.0526. The highest BCUT2D eigenvalue weighted by Crippen LogP contribution is 2.32. The molecule has 0 spiro atoms. The summed E-state index contributed by atoms with van der Waals surface area (Å²) >= 11 is 0. The maximum Gasteiger partial charge on any atom is 0.268 e. The van der Waals surface area contributed by atoms with Crippen LogP contribution >= 0.6 is 0 Å². The topological polar surface area (TPSA) is 108 Å². The lowest BCUT2D eigenvalue weighted by Gasteiger charge is -2.07. The molecule has 0 N–H and O–H groups in total. The van der Waals surface area contributed by atoms with E-state index in [2.05, 4.69) is 10.2 Å². The van der Waals surface area contributed by atoms with E-state index in [0.29, 0.717) is 0 Å². The van der Waals surface area contributed by atoms with E-state index in [1.807, 2.05) is 0 Å². The van der Waals surface area contributed by atoms with Crippen molar-refractivity contribution in [2.45, 2.75) is 14.8 Å². The zero-order chi connectivity index (χ0) is 20.6. The summed E-state index contributed by atoms with van der Waals surface area (Å²) in [6, 6.07) is 16.8. The smallest absolute Gasteiger partial charge is 0.268 e. The number of benzene rings is 2. The second-order valence-electron chi connectivity index (χ2n) is 6.04. The van der Waals surface area contributed by atoms with Crippen molar-refractivity contribution in [3.63, 3.8) is 0 Å². The van der Waals surface area contributed by atoms with Crippen molar-refractivity contribution >= 4 is 30.8 Å². The van der Waals surface area contributed by atoms with E-state index in [0.717, 1.165) is 10.2 Å². The Morgan fingerprint density at radius 3 is 2.17 bits per heavy atom. The van der Waals surface area contributed by atoms with E-state index in [9.17, 15) is 16.8 Å². The number of methoxy groups -OCH3 is 1. The van der Waals surface area contributed by atoms with Gasteiger partial charge in [-0.05, 0) is 24.3 Å². The number of nitrogens with zero attached hydrogens (tertiary/aromatic N) is 3. The summed E-state index contributed by atoms with van der Waals surface area (Å²) in [5.74, 6) is 0.165.